The van der Waals surface area contributed by atoms with Crippen molar-refractivity contribution >= 4 is 55.0 Å². The fraction of sp³-hybridized carbons (Fsp3) is 0.172. The number of aryl methyl sites for hydroxylation is 1. The van der Waals surface area contributed by atoms with Crippen LogP contribution in [0.4, 0.5) is 4.39 Å². The van der Waals surface area contributed by atoms with Crippen LogP contribution in [0.15, 0.2) is 85.0 Å². The van der Waals surface area contributed by atoms with Gasteiger partial charge in [0.1, 0.15) is 11.6 Å². The average Bonchev–Trinajstić information content (AvgIpc) is 3.20. The molecule has 6 rings (SSSR count). The number of hydrogen-bond acceptors (Lipinski definition) is 4. The number of thiazole rings is 1. The molecule has 4 aromatic rings. The molecule has 0 amide bonds. The van der Waals surface area contributed by atoms with Crippen LogP contribution in [0, 0.1) is 5.82 Å². The first-order valence-corrected chi connectivity index (χ1v) is 14.3. The van der Waals surface area contributed by atoms with E-state index in [1.807, 2.05) is 37.3 Å². The lowest BCUT2D eigenvalue weighted by Gasteiger charge is -2.30. The lowest BCUT2D eigenvalue weighted by atomic mass is 9.83. The van der Waals surface area contributed by atoms with Gasteiger partial charge in [0.2, 0.25) is 0 Å². The lowest BCUT2D eigenvalue weighted by Crippen LogP contribution is -2.38. The Balaban J connectivity index is 1.62. The van der Waals surface area contributed by atoms with Gasteiger partial charge in [-0.25, -0.2) is 9.38 Å². The standard InChI is InChI=1S/C29H21Br2FN2O2S/c1-2-36-27-18(13-19(30)15-23(27)31)14-24-28(35)34-26(17-7-10-20(32)11-8-17)22-12-9-16-5-3-4-6-21(16)25(22)33-29(34)37-24/h3-8,10-11,13-15,26H,2,9,12H2,1H3/b24-14+/t26-/m1/s1. The molecule has 0 unspecified atom stereocenters. The molecule has 0 fully saturated rings. The highest BCUT2D eigenvalue weighted by Gasteiger charge is 2.32. The topological polar surface area (TPSA) is 43.6 Å². The average molecular weight is 640 g/mol. The van der Waals surface area contributed by atoms with Crippen LogP contribution in [0.5, 0.6) is 5.75 Å². The van der Waals surface area contributed by atoms with E-state index in [1.165, 1.54) is 29.0 Å². The second-order valence-electron chi connectivity index (χ2n) is 8.90. The first-order valence-electron chi connectivity index (χ1n) is 11.9. The van der Waals surface area contributed by atoms with E-state index in [9.17, 15) is 9.18 Å². The van der Waals surface area contributed by atoms with E-state index in [4.69, 9.17) is 9.73 Å². The largest absolute Gasteiger partial charge is 0.492 e. The molecular formula is C29H21Br2FN2O2S. The van der Waals surface area contributed by atoms with Crippen LogP contribution >= 0.6 is 43.2 Å². The van der Waals surface area contributed by atoms with Gasteiger partial charge in [-0.1, -0.05) is 63.7 Å². The van der Waals surface area contributed by atoms with Gasteiger partial charge in [0.05, 0.1) is 27.4 Å². The van der Waals surface area contributed by atoms with Crippen molar-refractivity contribution in [1.82, 2.24) is 4.57 Å². The van der Waals surface area contributed by atoms with E-state index in [-0.39, 0.29) is 17.4 Å². The Morgan fingerprint density at radius 1 is 1.14 bits per heavy atom. The zero-order valence-corrected chi connectivity index (χ0v) is 23.8. The summed E-state index contributed by atoms with van der Waals surface area (Å²) in [5, 5.41) is 0. The van der Waals surface area contributed by atoms with Gasteiger partial charge in [-0.05, 0) is 82.7 Å². The van der Waals surface area contributed by atoms with Gasteiger partial charge in [-0.15, -0.1) is 0 Å². The molecule has 0 radical (unpaired) electrons. The van der Waals surface area contributed by atoms with Crippen LogP contribution in [0.1, 0.15) is 41.6 Å². The minimum Gasteiger partial charge on any atom is -0.492 e. The number of ether oxygens (including phenoxy) is 1. The van der Waals surface area contributed by atoms with Gasteiger partial charge in [-0.3, -0.25) is 9.36 Å². The predicted molar refractivity (Wildman–Crippen MR) is 152 cm³/mol. The van der Waals surface area contributed by atoms with Gasteiger partial charge < -0.3 is 4.74 Å². The first kappa shape index (κ1) is 24.5. The highest BCUT2D eigenvalue weighted by Crippen LogP contribution is 2.41. The molecule has 2 aliphatic rings. The third kappa shape index (κ3) is 4.35. The molecule has 1 atom stereocenters. The number of hydrogen-bond donors (Lipinski definition) is 0. The molecule has 37 heavy (non-hydrogen) atoms. The smallest absolute Gasteiger partial charge is 0.271 e. The summed E-state index contributed by atoms with van der Waals surface area (Å²) in [5.41, 5.74) is 5.90. The minimum absolute atomic E-state index is 0.123. The molecule has 1 aliphatic carbocycles. The van der Waals surface area contributed by atoms with Crippen molar-refractivity contribution in [3.8, 4) is 5.75 Å². The van der Waals surface area contributed by atoms with Crippen molar-refractivity contribution in [3.05, 3.63) is 123 Å². The summed E-state index contributed by atoms with van der Waals surface area (Å²) in [4.78, 5) is 19.6. The van der Waals surface area contributed by atoms with Crippen molar-refractivity contribution in [3.63, 3.8) is 0 Å². The van der Waals surface area contributed by atoms with Crippen LogP contribution in [-0.4, -0.2) is 11.2 Å². The summed E-state index contributed by atoms with van der Waals surface area (Å²) in [5.74, 6) is 0.378. The SMILES string of the molecule is CCOc1c(Br)cc(Br)cc1/C=c1/sc2n(c1=O)[C@H](c1ccc(F)cc1)C1=C(N=2)c2ccccc2CC1. The molecule has 0 N–H and O–H groups in total. The van der Waals surface area contributed by atoms with Gasteiger partial charge in [0.25, 0.3) is 5.56 Å². The van der Waals surface area contributed by atoms with E-state index in [0.717, 1.165) is 49.7 Å². The highest BCUT2D eigenvalue weighted by atomic mass is 79.9. The summed E-state index contributed by atoms with van der Waals surface area (Å²) in [6.07, 6.45) is 3.52. The predicted octanol–water partition coefficient (Wildman–Crippen LogP) is 6.38. The number of fused-ring (bicyclic) bond motifs is 3. The Morgan fingerprint density at radius 3 is 2.70 bits per heavy atom. The number of allylic oxidation sites excluding steroid dienone is 1. The highest BCUT2D eigenvalue weighted by molar-refractivity contribution is 9.11. The maximum absolute atomic E-state index is 13.9. The monoisotopic (exact) mass is 638 g/mol. The van der Waals surface area contributed by atoms with Crippen LogP contribution in [0.3, 0.4) is 0 Å². The summed E-state index contributed by atoms with van der Waals surface area (Å²) in [6, 6.07) is 18.3. The third-order valence-electron chi connectivity index (χ3n) is 6.67. The van der Waals surface area contributed by atoms with Gasteiger partial charge in [0.15, 0.2) is 4.80 Å². The molecule has 0 bridgehead atoms. The van der Waals surface area contributed by atoms with Crippen molar-refractivity contribution < 1.29 is 9.13 Å². The van der Waals surface area contributed by atoms with Crippen LogP contribution < -0.4 is 19.6 Å². The van der Waals surface area contributed by atoms with Crippen molar-refractivity contribution in [1.29, 1.82) is 0 Å². The summed E-state index contributed by atoms with van der Waals surface area (Å²) in [6.45, 7) is 2.43. The number of rotatable bonds is 4. The Kier molecular flexibility index (Phi) is 6.51. The summed E-state index contributed by atoms with van der Waals surface area (Å²) in [7, 11) is 0. The number of benzene rings is 3. The lowest BCUT2D eigenvalue weighted by molar-refractivity contribution is 0.337. The molecule has 0 saturated heterocycles. The van der Waals surface area contributed by atoms with E-state index < -0.39 is 0 Å². The number of halogens is 3. The molecule has 1 aliphatic heterocycles. The Labute approximate surface area is 233 Å². The fourth-order valence-corrected chi connectivity index (χ4v) is 7.46. The van der Waals surface area contributed by atoms with Crippen LogP contribution in [-0.2, 0) is 6.42 Å². The van der Waals surface area contributed by atoms with E-state index in [0.29, 0.717) is 21.7 Å². The zero-order valence-electron chi connectivity index (χ0n) is 19.8. The Morgan fingerprint density at radius 2 is 1.92 bits per heavy atom. The molecule has 186 valence electrons. The molecule has 0 saturated carbocycles. The third-order valence-corrected chi connectivity index (χ3v) is 8.70. The molecule has 2 heterocycles. The van der Waals surface area contributed by atoms with Crippen LogP contribution in [0.25, 0.3) is 11.8 Å². The molecule has 3 aromatic carbocycles. The molecule has 8 heteroatoms. The van der Waals surface area contributed by atoms with Crippen molar-refractivity contribution in [2.45, 2.75) is 25.8 Å². The molecule has 4 nitrogen and oxygen atoms in total. The van der Waals surface area contributed by atoms with Crippen molar-refractivity contribution in [2.24, 2.45) is 4.99 Å². The molecule has 1 aromatic heterocycles. The van der Waals surface area contributed by atoms with E-state index in [1.54, 1.807) is 16.7 Å². The van der Waals surface area contributed by atoms with E-state index in [2.05, 4.69) is 44.0 Å². The van der Waals surface area contributed by atoms with Gasteiger partial charge in [0, 0.05) is 15.6 Å². The molecule has 0 spiro atoms. The summed E-state index contributed by atoms with van der Waals surface area (Å²) < 4.78 is 23.7. The van der Waals surface area contributed by atoms with Gasteiger partial charge in [-0.2, -0.15) is 0 Å². The Bertz CT molecular complexity index is 1760. The quantitative estimate of drug-likeness (QED) is 0.260. The normalized spacial score (nSPS) is 16.6. The minimum atomic E-state index is -0.344. The zero-order chi connectivity index (χ0) is 25.7. The maximum Gasteiger partial charge on any atom is 0.271 e. The van der Waals surface area contributed by atoms with Gasteiger partial charge >= 0.3 is 0 Å². The first-order chi connectivity index (χ1) is 17.9. The number of nitrogens with zero attached hydrogens (tertiary/aromatic N) is 2. The second-order valence-corrected chi connectivity index (χ2v) is 11.7. The van der Waals surface area contributed by atoms with Crippen LogP contribution in [0.2, 0.25) is 0 Å². The van der Waals surface area contributed by atoms with Crippen molar-refractivity contribution in [2.75, 3.05) is 6.61 Å². The second kappa shape index (κ2) is 9.82. The van der Waals surface area contributed by atoms with E-state index >= 15 is 0 Å². The summed E-state index contributed by atoms with van der Waals surface area (Å²) >= 11 is 8.49. The maximum atomic E-state index is 13.9. The molecular weight excluding hydrogens is 619 g/mol. The fourth-order valence-electron chi connectivity index (χ4n) is 5.09. The Hall–Kier alpha value is -2.81. The number of aromatic nitrogens is 1.